The molecule has 0 saturated heterocycles. The highest BCUT2D eigenvalue weighted by Gasteiger charge is 2.27. The summed E-state index contributed by atoms with van der Waals surface area (Å²) in [7, 11) is -0.678. The van der Waals surface area contributed by atoms with Crippen LogP contribution >= 0.6 is 0 Å². The van der Waals surface area contributed by atoms with Crippen LogP contribution < -0.4 is 9.47 Å². The normalized spacial score (nSPS) is 12.2. The second kappa shape index (κ2) is 9.30. The van der Waals surface area contributed by atoms with Crippen molar-refractivity contribution in [2.24, 2.45) is 0 Å². The Hall–Kier alpha value is -2.91. The first kappa shape index (κ1) is 23.7. The molecule has 9 heteroatoms. The Bertz CT molecular complexity index is 1170. The summed E-state index contributed by atoms with van der Waals surface area (Å²) in [6, 6.07) is 12.0. The van der Waals surface area contributed by atoms with Crippen LogP contribution in [0.2, 0.25) is 0 Å². The minimum atomic E-state index is -3.78. The summed E-state index contributed by atoms with van der Waals surface area (Å²) < 4.78 is 44.3. The van der Waals surface area contributed by atoms with Crippen LogP contribution in [-0.4, -0.2) is 43.6 Å². The number of methoxy groups -OCH3 is 2. The molecule has 0 aliphatic heterocycles. The molecule has 0 amide bonds. The zero-order valence-electron chi connectivity index (χ0n) is 19.2. The highest BCUT2D eigenvalue weighted by molar-refractivity contribution is 7.89. The van der Waals surface area contributed by atoms with E-state index in [-0.39, 0.29) is 22.7 Å². The predicted molar refractivity (Wildman–Crippen MR) is 121 cm³/mol. The van der Waals surface area contributed by atoms with Crippen molar-refractivity contribution in [1.29, 1.82) is 0 Å². The average molecular weight is 460 g/mol. The van der Waals surface area contributed by atoms with Gasteiger partial charge >= 0.3 is 0 Å². The molecular weight excluding hydrogens is 430 g/mol. The standard InChI is InChI=1S/C23H29N3O5S/c1-7-26(15-16-8-10-17(29-5)11-9-16)32(27,28)18-12-13-20(30-6)19(14-18)21-24-22(31-25-21)23(2,3)4/h8-14H,7,15H2,1-6H3. The number of hydrogen-bond acceptors (Lipinski definition) is 7. The molecule has 32 heavy (non-hydrogen) atoms. The first-order valence-corrected chi connectivity index (χ1v) is 11.7. The molecular formula is C23H29N3O5S. The summed E-state index contributed by atoms with van der Waals surface area (Å²) in [5.41, 5.74) is 0.978. The Morgan fingerprint density at radius 2 is 1.72 bits per heavy atom. The summed E-state index contributed by atoms with van der Waals surface area (Å²) in [4.78, 5) is 4.58. The molecule has 1 aromatic heterocycles. The fraction of sp³-hybridized carbons (Fsp3) is 0.391. The second-order valence-electron chi connectivity index (χ2n) is 8.31. The van der Waals surface area contributed by atoms with E-state index in [0.717, 1.165) is 5.56 Å². The SMILES string of the molecule is CCN(Cc1ccc(OC)cc1)S(=O)(=O)c1ccc(OC)c(-c2noc(C(C)(C)C)n2)c1. The zero-order chi connectivity index (χ0) is 23.5. The summed E-state index contributed by atoms with van der Waals surface area (Å²) in [5, 5.41) is 4.05. The molecule has 0 aliphatic carbocycles. The Morgan fingerprint density at radius 3 is 2.25 bits per heavy atom. The van der Waals surface area contributed by atoms with E-state index in [1.807, 2.05) is 45.0 Å². The van der Waals surface area contributed by atoms with Gasteiger partial charge in [-0.1, -0.05) is 45.0 Å². The van der Waals surface area contributed by atoms with Gasteiger partial charge in [-0.15, -0.1) is 0 Å². The number of aromatic nitrogens is 2. The number of rotatable bonds is 8. The molecule has 1 heterocycles. The van der Waals surface area contributed by atoms with Crippen LogP contribution in [0.5, 0.6) is 11.5 Å². The second-order valence-corrected chi connectivity index (χ2v) is 10.3. The minimum Gasteiger partial charge on any atom is -0.497 e. The number of nitrogens with zero attached hydrogens (tertiary/aromatic N) is 3. The van der Waals surface area contributed by atoms with Gasteiger partial charge < -0.3 is 14.0 Å². The van der Waals surface area contributed by atoms with Crippen molar-refractivity contribution in [1.82, 2.24) is 14.4 Å². The fourth-order valence-corrected chi connectivity index (χ4v) is 4.57. The van der Waals surface area contributed by atoms with E-state index in [2.05, 4.69) is 10.1 Å². The molecule has 172 valence electrons. The van der Waals surface area contributed by atoms with Gasteiger partial charge in [0, 0.05) is 18.5 Å². The third-order valence-electron chi connectivity index (χ3n) is 4.99. The molecule has 0 N–H and O–H groups in total. The molecule has 2 aromatic carbocycles. The van der Waals surface area contributed by atoms with E-state index in [1.54, 1.807) is 20.1 Å². The third kappa shape index (κ3) is 4.94. The van der Waals surface area contributed by atoms with Gasteiger partial charge in [-0.25, -0.2) is 8.42 Å². The largest absolute Gasteiger partial charge is 0.497 e. The molecule has 0 saturated carbocycles. The van der Waals surface area contributed by atoms with Crippen molar-refractivity contribution in [3.8, 4) is 22.9 Å². The smallest absolute Gasteiger partial charge is 0.243 e. The summed E-state index contributed by atoms with van der Waals surface area (Å²) in [6.45, 7) is 8.23. The van der Waals surface area contributed by atoms with Crippen molar-refractivity contribution in [2.45, 2.75) is 44.6 Å². The first-order chi connectivity index (χ1) is 15.1. The number of ether oxygens (including phenoxy) is 2. The van der Waals surface area contributed by atoms with Crippen LogP contribution in [0.4, 0.5) is 0 Å². The van der Waals surface area contributed by atoms with Gasteiger partial charge in [0.05, 0.1) is 24.7 Å². The maximum absolute atomic E-state index is 13.4. The average Bonchev–Trinajstić information content (AvgIpc) is 3.28. The lowest BCUT2D eigenvalue weighted by Crippen LogP contribution is -2.30. The lowest BCUT2D eigenvalue weighted by Gasteiger charge is -2.21. The van der Waals surface area contributed by atoms with E-state index in [1.165, 1.54) is 23.5 Å². The van der Waals surface area contributed by atoms with Gasteiger partial charge in [-0.3, -0.25) is 0 Å². The number of hydrogen-bond donors (Lipinski definition) is 0. The van der Waals surface area contributed by atoms with Gasteiger partial charge in [-0.05, 0) is 35.9 Å². The fourth-order valence-electron chi connectivity index (χ4n) is 3.11. The Labute approximate surface area is 189 Å². The molecule has 0 radical (unpaired) electrons. The highest BCUT2D eigenvalue weighted by atomic mass is 32.2. The van der Waals surface area contributed by atoms with Gasteiger partial charge in [-0.2, -0.15) is 9.29 Å². The topological polar surface area (TPSA) is 94.8 Å². The molecule has 3 aromatic rings. The Balaban J connectivity index is 1.97. The molecule has 0 unspecified atom stereocenters. The lowest BCUT2D eigenvalue weighted by molar-refractivity contribution is 0.321. The van der Waals surface area contributed by atoms with Crippen molar-refractivity contribution in [3.63, 3.8) is 0 Å². The highest BCUT2D eigenvalue weighted by Crippen LogP contribution is 2.33. The van der Waals surface area contributed by atoms with Crippen molar-refractivity contribution >= 4 is 10.0 Å². The molecule has 0 fully saturated rings. The van der Waals surface area contributed by atoms with Gasteiger partial charge in [0.15, 0.2) is 0 Å². The molecule has 0 aliphatic rings. The van der Waals surface area contributed by atoms with E-state index in [9.17, 15) is 8.42 Å². The van der Waals surface area contributed by atoms with Gasteiger partial charge in [0.1, 0.15) is 11.5 Å². The summed E-state index contributed by atoms with van der Waals surface area (Å²) >= 11 is 0. The van der Waals surface area contributed by atoms with Crippen LogP contribution in [-0.2, 0) is 22.0 Å². The Kier molecular flexibility index (Phi) is 6.90. The monoisotopic (exact) mass is 459 g/mol. The maximum Gasteiger partial charge on any atom is 0.243 e. The van der Waals surface area contributed by atoms with E-state index < -0.39 is 10.0 Å². The van der Waals surface area contributed by atoms with Crippen LogP contribution in [0.25, 0.3) is 11.4 Å². The van der Waals surface area contributed by atoms with Crippen molar-refractivity contribution < 1.29 is 22.4 Å². The molecule has 0 atom stereocenters. The number of benzene rings is 2. The van der Waals surface area contributed by atoms with Crippen LogP contribution in [0.3, 0.4) is 0 Å². The van der Waals surface area contributed by atoms with Crippen molar-refractivity contribution in [2.75, 3.05) is 20.8 Å². The first-order valence-electron chi connectivity index (χ1n) is 10.3. The van der Waals surface area contributed by atoms with E-state index >= 15 is 0 Å². The van der Waals surface area contributed by atoms with Crippen LogP contribution in [0, 0.1) is 0 Å². The maximum atomic E-state index is 13.4. The van der Waals surface area contributed by atoms with Crippen LogP contribution in [0.15, 0.2) is 51.9 Å². The summed E-state index contributed by atoms with van der Waals surface area (Å²) in [6.07, 6.45) is 0. The van der Waals surface area contributed by atoms with E-state index in [4.69, 9.17) is 14.0 Å². The summed E-state index contributed by atoms with van der Waals surface area (Å²) in [5.74, 6) is 1.91. The molecule has 0 spiro atoms. The van der Waals surface area contributed by atoms with Crippen molar-refractivity contribution in [3.05, 3.63) is 53.9 Å². The zero-order valence-corrected chi connectivity index (χ0v) is 20.1. The Morgan fingerprint density at radius 1 is 1.03 bits per heavy atom. The third-order valence-corrected chi connectivity index (χ3v) is 6.90. The van der Waals surface area contributed by atoms with Gasteiger partial charge in [0.2, 0.25) is 21.7 Å². The minimum absolute atomic E-state index is 0.130. The molecule has 3 rings (SSSR count). The predicted octanol–water partition coefficient (Wildman–Crippen LogP) is 4.26. The van der Waals surface area contributed by atoms with E-state index in [0.29, 0.717) is 29.5 Å². The van der Waals surface area contributed by atoms with Crippen LogP contribution in [0.1, 0.15) is 39.1 Å². The molecule has 0 bridgehead atoms. The molecule has 8 nitrogen and oxygen atoms in total. The number of sulfonamides is 1. The quantitative estimate of drug-likeness (QED) is 0.497. The van der Waals surface area contributed by atoms with Gasteiger partial charge in [0.25, 0.3) is 0 Å². The lowest BCUT2D eigenvalue weighted by atomic mass is 9.97.